The molecule has 0 fully saturated rings. The van der Waals surface area contributed by atoms with Crippen molar-refractivity contribution < 1.29 is 0 Å². The lowest BCUT2D eigenvalue weighted by Crippen LogP contribution is -2.02. The predicted octanol–water partition coefficient (Wildman–Crippen LogP) is 6.20. The molecule has 0 bridgehead atoms. The molecule has 0 spiro atoms. The van der Waals surface area contributed by atoms with Gasteiger partial charge in [0.25, 0.3) is 0 Å². The molecule has 0 saturated carbocycles. The Bertz CT molecular complexity index is 452. The molecule has 0 aliphatic rings. The summed E-state index contributed by atoms with van der Waals surface area (Å²) in [4.78, 5) is 0. The highest BCUT2D eigenvalue weighted by molar-refractivity contribution is 5.04. The van der Waals surface area contributed by atoms with Gasteiger partial charge >= 0.3 is 0 Å². The van der Waals surface area contributed by atoms with Gasteiger partial charge in [0.05, 0.1) is 11.4 Å². The Morgan fingerprint density at radius 1 is 0.625 bits per heavy atom. The van der Waals surface area contributed by atoms with E-state index in [1.165, 1.54) is 11.4 Å². The topological polar surface area (TPSA) is 35.6 Å². The lowest BCUT2D eigenvalue weighted by atomic mass is 10.1. The molecule has 0 atom stereocenters. The molecule has 0 aliphatic carbocycles. The largest absolute Gasteiger partial charge is 0.270 e. The van der Waals surface area contributed by atoms with Gasteiger partial charge in [-0.15, -0.1) is 0 Å². The van der Waals surface area contributed by atoms with Crippen LogP contribution < -0.4 is 0 Å². The van der Waals surface area contributed by atoms with E-state index in [1.807, 2.05) is 35.6 Å². The van der Waals surface area contributed by atoms with Crippen LogP contribution >= 0.6 is 0 Å². The maximum Gasteiger partial charge on any atom is 0.0650 e. The lowest BCUT2D eigenvalue weighted by Gasteiger charge is -2.04. The van der Waals surface area contributed by atoms with Gasteiger partial charge in [0.15, 0.2) is 0 Å². The minimum absolute atomic E-state index is 0.475. The van der Waals surface area contributed by atoms with Gasteiger partial charge in [0.1, 0.15) is 0 Å². The molecule has 2 aromatic rings. The maximum absolute atomic E-state index is 4.43. The number of hydrogen-bond acceptors (Lipinski definition) is 2. The molecule has 0 aromatic carbocycles. The summed E-state index contributed by atoms with van der Waals surface area (Å²) in [5.74, 6) is 1.07. The van der Waals surface area contributed by atoms with Crippen molar-refractivity contribution in [1.29, 1.82) is 0 Å². The van der Waals surface area contributed by atoms with Gasteiger partial charge in [0, 0.05) is 24.5 Å². The van der Waals surface area contributed by atoms with Crippen LogP contribution in [0.4, 0.5) is 0 Å². The van der Waals surface area contributed by atoms with E-state index in [1.54, 1.807) is 0 Å². The van der Waals surface area contributed by atoms with Crippen LogP contribution in [0.15, 0.2) is 24.5 Å². The van der Waals surface area contributed by atoms with Gasteiger partial charge in [-0.25, -0.2) is 0 Å². The summed E-state index contributed by atoms with van der Waals surface area (Å²) in [6, 6.07) is 5.12. The zero-order valence-corrected chi connectivity index (χ0v) is 17.4. The average molecular weight is 335 g/mol. The van der Waals surface area contributed by atoms with Crippen LogP contribution in [0.5, 0.6) is 0 Å². The second-order valence-corrected chi connectivity index (χ2v) is 6.94. The van der Waals surface area contributed by atoms with Crippen LogP contribution in [0, 0.1) is 0 Å². The van der Waals surface area contributed by atoms with Crippen LogP contribution in [0.3, 0.4) is 0 Å². The maximum atomic E-state index is 4.43. The van der Waals surface area contributed by atoms with Gasteiger partial charge in [-0.05, 0) is 51.7 Å². The number of nitrogens with zero attached hydrogens (tertiary/aromatic N) is 4. The summed E-state index contributed by atoms with van der Waals surface area (Å²) >= 11 is 0. The molecule has 0 saturated heterocycles. The van der Waals surface area contributed by atoms with Crippen molar-refractivity contribution in [2.45, 2.75) is 93.2 Å². The van der Waals surface area contributed by atoms with Crippen molar-refractivity contribution in [3.05, 3.63) is 35.9 Å². The number of rotatable bonds is 4. The zero-order chi connectivity index (χ0) is 18.9. The number of aromatic nitrogens is 4. The summed E-state index contributed by atoms with van der Waals surface area (Å²) in [5, 5.41) is 8.85. The molecular weight excluding hydrogens is 296 g/mol. The van der Waals surface area contributed by atoms with Crippen molar-refractivity contribution in [1.82, 2.24) is 19.6 Å². The Kier molecular flexibility index (Phi) is 10.3. The van der Waals surface area contributed by atoms with Crippen LogP contribution in [-0.2, 0) is 0 Å². The van der Waals surface area contributed by atoms with E-state index >= 15 is 0 Å². The zero-order valence-electron chi connectivity index (χ0n) is 17.4. The van der Waals surface area contributed by atoms with Gasteiger partial charge in [-0.2, -0.15) is 10.2 Å². The standard InChI is InChI=1S/2C9H16N2.C2H6/c2*1-7(2)9-5-6-11(10-9)8(3)4;1-2/h2*5-8H,1-4H3;1-2H3. The fourth-order valence-corrected chi connectivity index (χ4v) is 1.90. The first kappa shape index (κ1) is 22.4. The fraction of sp³-hybridized carbons (Fsp3) is 0.700. The molecule has 0 N–H and O–H groups in total. The summed E-state index contributed by atoms with van der Waals surface area (Å²) in [6.45, 7) is 21.2. The summed E-state index contributed by atoms with van der Waals surface area (Å²) in [6.07, 6.45) is 4.08. The van der Waals surface area contributed by atoms with E-state index in [2.05, 4.69) is 77.7 Å². The molecule has 2 aromatic heterocycles. The predicted molar refractivity (Wildman–Crippen MR) is 105 cm³/mol. The highest BCUT2D eigenvalue weighted by atomic mass is 15.3. The normalized spacial score (nSPS) is 10.8. The van der Waals surface area contributed by atoms with E-state index in [0.717, 1.165) is 0 Å². The van der Waals surface area contributed by atoms with Gasteiger partial charge in [0.2, 0.25) is 0 Å². The third kappa shape index (κ3) is 7.33. The van der Waals surface area contributed by atoms with Crippen LogP contribution in [0.1, 0.15) is 105 Å². The molecule has 24 heavy (non-hydrogen) atoms. The molecule has 4 nitrogen and oxygen atoms in total. The fourth-order valence-electron chi connectivity index (χ4n) is 1.90. The number of hydrogen-bond donors (Lipinski definition) is 0. The van der Waals surface area contributed by atoms with Crippen LogP contribution in [-0.4, -0.2) is 19.6 Å². The van der Waals surface area contributed by atoms with Crippen LogP contribution in [0.25, 0.3) is 0 Å². The average Bonchev–Trinajstić information content (AvgIpc) is 3.19. The Hall–Kier alpha value is -1.58. The van der Waals surface area contributed by atoms with E-state index in [9.17, 15) is 0 Å². The molecular formula is C20H38N4. The third-order valence-corrected chi connectivity index (χ3v) is 3.50. The van der Waals surface area contributed by atoms with E-state index in [4.69, 9.17) is 0 Å². The Morgan fingerprint density at radius 3 is 1.04 bits per heavy atom. The van der Waals surface area contributed by atoms with Crippen LogP contribution in [0.2, 0.25) is 0 Å². The SMILES string of the molecule is CC.CC(C)c1ccn(C(C)C)n1.CC(C)c1ccn(C(C)C)n1. The smallest absolute Gasteiger partial charge is 0.0650 e. The van der Waals surface area contributed by atoms with Crippen molar-refractivity contribution in [3.63, 3.8) is 0 Å². The second kappa shape index (κ2) is 11.1. The molecule has 0 aliphatic heterocycles. The first-order valence-corrected chi connectivity index (χ1v) is 9.32. The molecule has 0 radical (unpaired) electrons. The molecule has 2 heterocycles. The first-order valence-electron chi connectivity index (χ1n) is 9.32. The highest BCUT2D eigenvalue weighted by Crippen LogP contribution is 2.13. The quantitative estimate of drug-likeness (QED) is 0.667. The molecule has 138 valence electrons. The van der Waals surface area contributed by atoms with Crippen molar-refractivity contribution in [3.8, 4) is 0 Å². The minimum Gasteiger partial charge on any atom is -0.270 e. The van der Waals surface area contributed by atoms with Gasteiger partial charge in [-0.1, -0.05) is 41.5 Å². The third-order valence-electron chi connectivity index (χ3n) is 3.50. The summed E-state index contributed by atoms with van der Waals surface area (Å²) in [5.41, 5.74) is 2.36. The summed E-state index contributed by atoms with van der Waals surface area (Å²) < 4.78 is 3.99. The Labute approximate surface area is 149 Å². The molecule has 2 rings (SSSR count). The molecule has 4 heteroatoms. The highest BCUT2D eigenvalue weighted by Gasteiger charge is 2.05. The van der Waals surface area contributed by atoms with Gasteiger partial charge < -0.3 is 0 Å². The van der Waals surface area contributed by atoms with E-state index in [0.29, 0.717) is 23.9 Å². The second-order valence-electron chi connectivity index (χ2n) is 6.94. The Morgan fingerprint density at radius 2 is 0.917 bits per heavy atom. The van der Waals surface area contributed by atoms with Crippen molar-refractivity contribution in [2.24, 2.45) is 0 Å². The lowest BCUT2D eigenvalue weighted by molar-refractivity contribution is 0.523. The van der Waals surface area contributed by atoms with E-state index < -0.39 is 0 Å². The van der Waals surface area contributed by atoms with Crippen molar-refractivity contribution >= 4 is 0 Å². The monoisotopic (exact) mass is 334 g/mol. The van der Waals surface area contributed by atoms with Crippen molar-refractivity contribution in [2.75, 3.05) is 0 Å². The molecule has 0 amide bonds. The van der Waals surface area contributed by atoms with E-state index in [-0.39, 0.29) is 0 Å². The Balaban J connectivity index is 0.000000400. The van der Waals surface area contributed by atoms with Gasteiger partial charge in [-0.3, -0.25) is 9.36 Å². The summed E-state index contributed by atoms with van der Waals surface area (Å²) in [7, 11) is 0. The first-order chi connectivity index (χ1) is 11.2. The minimum atomic E-state index is 0.475. The molecule has 0 unspecified atom stereocenters.